The van der Waals surface area contributed by atoms with Crippen molar-refractivity contribution in [1.29, 1.82) is 0 Å². The van der Waals surface area contributed by atoms with E-state index < -0.39 is 6.10 Å². The van der Waals surface area contributed by atoms with Crippen molar-refractivity contribution in [3.63, 3.8) is 0 Å². The number of hydrogen-bond acceptors (Lipinski definition) is 2. The summed E-state index contributed by atoms with van der Waals surface area (Å²) in [5, 5.41) is 10.3. The van der Waals surface area contributed by atoms with E-state index in [2.05, 4.69) is 40.2 Å². The quantitative estimate of drug-likeness (QED) is 0.909. The fraction of sp³-hybridized carbons (Fsp3) is 0.294. The minimum absolute atomic E-state index is 0.0823. The van der Waals surface area contributed by atoms with Crippen molar-refractivity contribution in [2.75, 3.05) is 0 Å². The lowest BCUT2D eigenvalue weighted by Crippen LogP contribution is -2.26. The molecule has 0 aromatic heterocycles. The first kappa shape index (κ1) is 13.7. The molecule has 20 heavy (non-hydrogen) atoms. The van der Waals surface area contributed by atoms with Gasteiger partial charge in [-0.15, -0.1) is 0 Å². The molecule has 0 amide bonds. The van der Waals surface area contributed by atoms with Gasteiger partial charge in [-0.3, -0.25) is 0 Å². The number of aliphatic hydroxyl groups excluding tert-OH is 1. The van der Waals surface area contributed by atoms with Crippen molar-refractivity contribution in [1.82, 2.24) is 0 Å². The molecule has 0 bridgehead atoms. The monoisotopic (exact) mass is 332 g/mol. The molecule has 0 spiro atoms. The first-order valence-corrected chi connectivity index (χ1v) is 7.70. The Balaban J connectivity index is 1.67. The van der Waals surface area contributed by atoms with Crippen LogP contribution >= 0.6 is 15.9 Å². The number of fused-ring (bicyclic) bond motifs is 1. The number of benzene rings is 2. The molecule has 2 aromatic rings. The van der Waals surface area contributed by atoms with Gasteiger partial charge >= 0.3 is 0 Å². The summed E-state index contributed by atoms with van der Waals surface area (Å²) >= 11 is 3.43. The highest BCUT2D eigenvalue weighted by molar-refractivity contribution is 9.10. The lowest BCUT2D eigenvalue weighted by atomic mass is 9.95. The van der Waals surface area contributed by atoms with Gasteiger partial charge < -0.3 is 9.84 Å². The molecule has 0 fully saturated rings. The number of rotatable bonds is 3. The molecular formula is C17H17BrO2. The molecule has 2 atom stereocenters. The topological polar surface area (TPSA) is 29.5 Å². The highest BCUT2D eigenvalue weighted by Crippen LogP contribution is 2.37. The van der Waals surface area contributed by atoms with Gasteiger partial charge in [-0.2, -0.15) is 0 Å². The number of aryl methyl sites for hydroxylation is 1. The summed E-state index contributed by atoms with van der Waals surface area (Å²) in [5.74, 6) is 0.810. The maximum absolute atomic E-state index is 10.3. The van der Waals surface area contributed by atoms with E-state index in [0.29, 0.717) is 6.42 Å². The molecule has 2 nitrogen and oxygen atoms in total. The summed E-state index contributed by atoms with van der Waals surface area (Å²) in [6.45, 7) is 0. The average molecular weight is 333 g/mol. The zero-order valence-corrected chi connectivity index (χ0v) is 12.7. The van der Waals surface area contributed by atoms with Crippen molar-refractivity contribution in [3.05, 3.63) is 64.1 Å². The normalized spacial score (nSPS) is 21.1. The van der Waals surface area contributed by atoms with E-state index in [0.717, 1.165) is 28.6 Å². The van der Waals surface area contributed by atoms with E-state index in [4.69, 9.17) is 4.74 Å². The molecule has 2 unspecified atom stereocenters. The first-order valence-electron chi connectivity index (χ1n) is 6.90. The molecule has 104 valence electrons. The molecule has 1 aliphatic heterocycles. The molecule has 3 rings (SSSR count). The summed E-state index contributed by atoms with van der Waals surface area (Å²) in [5.41, 5.74) is 2.20. The Hall–Kier alpha value is -1.32. The van der Waals surface area contributed by atoms with E-state index in [9.17, 15) is 5.11 Å². The minimum atomic E-state index is -0.433. The number of hydrogen-bond donors (Lipinski definition) is 1. The van der Waals surface area contributed by atoms with Gasteiger partial charge in [0.1, 0.15) is 11.9 Å². The second kappa shape index (κ2) is 5.98. The molecule has 2 aromatic carbocycles. The molecule has 0 saturated carbocycles. The lowest BCUT2D eigenvalue weighted by Gasteiger charge is -2.29. The van der Waals surface area contributed by atoms with Gasteiger partial charge in [0, 0.05) is 16.5 Å². The van der Waals surface area contributed by atoms with E-state index in [-0.39, 0.29) is 6.10 Å². The Morgan fingerprint density at radius 3 is 2.75 bits per heavy atom. The largest absolute Gasteiger partial charge is 0.490 e. The van der Waals surface area contributed by atoms with Crippen LogP contribution in [0.5, 0.6) is 5.75 Å². The van der Waals surface area contributed by atoms with Crippen LogP contribution in [0.25, 0.3) is 0 Å². The minimum Gasteiger partial charge on any atom is -0.490 e. The van der Waals surface area contributed by atoms with Crippen molar-refractivity contribution < 1.29 is 9.84 Å². The molecule has 0 saturated heterocycles. The Kier molecular flexibility index (Phi) is 4.08. The Bertz CT molecular complexity index is 583. The zero-order chi connectivity index (χ0) is 13.9. The summed E-state index contributed by atoms with van der Waals surface area (Å²) in [6.07, 6.45) is 2.22. The predicted molar refractivity (Wildman–Crippen MR) is 82.9 cm³/mol. The summed E-state index contributed by atoms with van der Waals surface area (Å²) < 4.78 is 6.97. The second-order valence-electron chi connectivity index (χ2n) is 5.20. The molecule has 1 heterocycles. The van der Waals surface area contributed by atoms with E-state index >= 15 is 0 Å². The standard InChI is InChI=1S/C17H17BrO2/c18-13-7-9-17-15(10-13)16(19)11-14(20-17)8-6-12-4-2-1-3-5-12/h1-5,7,9-10,14,16,19H,6,8,11H2. The van der Waals surface area contributed by atoms with Crippen LogP contribution in [0.2, 0.25) is 0 Å². The molecule has 1 N–H and O–H groups in total. The average Bonchev–Trinajstić information content (AvgIpc) is 2.47. The van der Waals surface area contributed by atoms with Crippen molar-refractivity contribution in [2.24, 2.45) is 0 Å². The van der Waals surface area contributed by atoms with Crippen molar-refractivity contribution in [2.45, 2.75) is 31.5 Å². The lowest BCUT2D eigenvalue weighted by molar-refractivity contribution is 0.0619. The van der Waals surface area contributed by atoms with E-state index in [1.165, 1.54) is 5.56 Å². The molecule has 1 aliphatic rings. The third-order valence-corrected chi connectivity index (χ3v) is 4.20. The predicted octanol–water partition coefficient (Wildman–Crippen LogP) is 4.27. The summed E-state index contributed by atoms with van der Waals surface area (Å²) in [6, 6.07) is 16.2. The van der Waals surface area contributed by atoms with Gasteiger partial charge in [0.25, 0.3) is 0 Å². The van der Waals surface area contributed by atoms with Crippen LogP contribution in [0.15, 0.2) is 53.0 Å². The number of aliphatic hydroxyl groups is 1. The number of ether oxygens (including phenoxy) is 1. The third-order valence-electron chi connectivity index (χ3n) is 3.71. The van der Waals surface area contributed by atoms with Gasteiger partial charge in [0.15, 0.2) is 0 Å². The smallest absolute Gasteiger partial charge is 0.125 e. The highest BCUT2D eigenvalue weighted by Gasteiger charge is 2.26. The Morgan fingerprint density at radius 2 is 1.95 bits per heavy atom. The fourth-order valence-electron chi connectivity index (χ4n) is 2.64. The third kappa shape index (κ3) is 3.05. The van der Waals surface area contributed by atoms with Crippen LogP contribution in [-0.4, -0.2) is 11.2 Å². The molecule has 0 radical (unpaired) electrons. The molecule has 3 heteroatoms. The zero-order valence-electron chi connectivity index (χ0n) is 11.1. The van der Waals surface area contributed by atoms with Gasteiger partial charge in [-0.05, 0) is 36.6 Å². The van der Waals surface area contributed by atoms with Crippen LogP contribution in [0.4, 0.5) is 0 Å². The molecular weight excluding hydrogens is 316 g/mol. The fourth-order valence-corrected chi connectivity index (χ4v) is 3.02. The SMILES string of the molecule is OC1CC(CCc2ccccc2)Oc2ccc(Br)cc21. The van der Waals surface area contributed by atoms with E-state index in [1.807, 2.05) is 24.3 Å². The van der Waals surface area contributed by atoms with Crippen LogP contribution in [0.3, 0.4) is 0 Å². The summed E-state index contributed by atoms with van der Waals surface area (Å²) in [4.78, 5) is 0. The summed E-state index contributed by atoms with van der Waals surface area (Å²) in [7, 11) is 0. The van der Waals surface area contributed by atoms with Crippen LogP contribution in [0.1, 0.15) is 30.1 Å². The number of halogens is 1. The maximum Gasteiger partial charge on any atom is 0.125 e. The van der Waals surface area contributed by atoms with Gasteiger partial charge in [-0.25, -0.2) is 0 Å². The van der Waals surface area contributed by atoms with Crippen LogP contribution < -0.4 is 4.74 Å². The van der Waals surface area contributed by atoms with Gasteiger partial charge in [0.05, 0.1) is 6.10 Å². The van der Waals surface area contributed by atoms with Crippen molar-refractivity contribution >= 4 is 15.9 Å². The van der Waals surface area contributed by atoms with E-state index in [1.54, 1.807) is 0 Å². The van der Waals surface area contributed by atoms with Crippen LogP contribution in [0, 0.1) is 0 Å². The Labute approximate surface area is 127 Å². The van der Waals surface area contributed by atoms with Crippen LogP contribution in [-0.2, 0) is 6.42 Å². The second-order valence-corrected chi connectivity index (χ2v) is 6.11. The highest BCUT2D eigenvalue weighted by atomic mass is 79.9. The van der Waals surface area contributed by atoms with Gasteiger partial charge in [-0.1, -0.05) is 46.3 Å². The molecule has 0 aliphatic carbocycles. The Morgan fingerprint density at radius 1 is 1.15 bits per heavy atom. The maximum atomic E-state index is 10.3. The van der Waals surface area contributed by atoms with Crippen molar-refractivity contribution in [3.8, 4) is 5.75 Å². The van der Waals surface area contributed by atoms with Gasteiger partial charge in [0.2, 0.25) is 0 Å². The first-order chi connectivity index (χ1) is 9.72.